The van der Waals surface area contributed by atoms with Crippen LogP contribution in [0.25, 0.3) is 33.4 Å². The highest BCUT2D eigenvalue weighted by Crippen LogP contribution is 2.53. The van der Waals surface area contributed by atoms with E-state index in [0.29, 0.717) is 5.75 Å². The normalized spacial score (nSPS) is 15.8. The lowest BCUT2D eigenvalue weighted by Gasteiger charge is -2.43. The molecule has 1 saturated carbocycles. The van der Waals surface area contributed by atoms with Crippen LogP contribution >= 0.6 is 0 Å². The predicted molar refractivity (Wildman–Crippen MR) is 187 cm³/mol. The molecule has 0 heterocycles. The summed E-state index contributed by atoms with van der Waals surface area (Å²) in [6.07, 6.45) is 3.83. The summed E-state index contributed by atoms with van der Waals surface area (Å²) in [6, 6.07) is 46.4. The molecule has 46 heavy (non-hydrogen) atoms. The number of rotatable bonds is 6. The lowest BCUT2D eigenvalue weighted by molar-refractivity contribution is 0.309. The molecule has 1 unspecified atom stereocenters. The minimum Gasteiger partial charge on any atom is -0.507 e. The van der Waals surface area contributed by atoms with Crippen molar-refractivity contribution in [1.82, 2.24) is 0 Å². The van der Waals surface area contributed by atoms with Gasteiger partial charge in [-0.1, -0.05) is 116 Å². The molecule has 6 aromatic carbocycles. The summed E-state index contributed by atoms with van der Waals surface area (Å²) in [5, 5.41) is 33.1. The number of benzene rings is 6. The molecule has 6 aromatic rings. The maximum atomic E-state index is 11.0. The van der Waals surface area contributed by atoms with E-state index < -0.39 is 0 Å². The van der Waals surface area contributed by atoms with Gasteiger partial charge in [-0.2, -0.15) is 0 Å². The SMILES string of the molecule is Cc1c(C2CCCC(c3ccc(O)c(-c4ccccc4)c3)(c3ccc(O)c(-c4ccccc4)c3)C2)ccc(O)c1-c1ccccc1. The van der Waals surface area contributed by atoms with Crippen LogP contribution in [0.4, 0.5) is 0 Å². The van der Waals surface area contributed by atoms with E-state index in [4.69, 9.17) is 0 Å². The Morgan fingerprint density at radius 3 is 1.54 bits per heavy atom. The average Bonchev–Trinajstić information content (AvgIpc) is 3.10. The first-order valence-electron chi connectivity index (χ1n) is 16.1. The topological polar surface area (TPSA) is 60.7 Å². The van der Waals surface area contributed by atoms with E-state index in [1.807, 2.05) is 97.1 Å². The largest absolute Gasteiger partial charge is 0.507 e. The van der Waals surface area contributed by atoms with Crippen LogP contribution in [0.2, 0.25) is 0 Å². The van der Waals surface area contributed by atoms with Crippen molar-refractivity contribution in [1.29, 1.82) is 0 Å². The highest BCUT2D eigenvalue weighted by atomic mass is 16.3. The van der Waals surface area contributed by atoms with Crippen LogP contribution in [0.1, 0.15) is 53.9 Å². The molecule has 228 valence electrons. The second kappa shape index (κ2) is 12.3. The molecule has 1 fully saturated rings. The number of phenolic OH excluding ortho intramolecular Hbond substituents is 3. The van der Waals surface area contributed by atoms with Gasteiger partial charge in [0, 0.05) is 22.1 Å². The fourth-order valence-electron chi connectivity index (χ4n) is 7.72. The monoisotopic (exact) mass is 602 g/mol. The van der Waals surface area contributed by atoms with Crippen LogP contribution < -0.4 is 0 Å². The third-order valence-corrected chi connectivity index (χ3v) is 10.0. The Morgan fingerprint density at radius 2 is 1.02 bits per heavy atom. The van der Waals surface area contributed by atoms with Gasteiger partial charge in [-0.15, -0.1) is 0 Å². The predicted octanol–water partition coefficient (Wildman–Crippen LogP) is 10.8. The zero-order valence-electron chi connectivity index (χ0n) is 26.0. The number of hydrogen-bond acceptors (Lipinski definition) is 3. The Balaban J connectivity index is 1.41. The minimum atomic E-state index is -0.380. The quantitative estimate of drug-likeness (QED) is 0.178. The molecule has 0 spiro atoms. The lowest BCUT2D eigenvalue weighted by atomic mass is 9.60. The van der Waals surface area contributed by atoms with Crippen molar-refractivity contribution in [2.24, 2.45) is 0 Å². The molecule has 3 nitrogen and oxygen atoms in total. The Morgan fingerprint density at radius 1 is 0.543 bits per heavy atom. The van der Waals surface area contributed by atoms with Gasteiger partial charge in [-0.05, 0) is 101 Å². The molecular formula is C43H38O3. The zero-order chi connectivity index (χ0) is 31.7. The van der Waals surface area contributed by atoms with Crippen molar-refractivity contribution < 1.29 is 15.3 Å². The van der Waals surface area contributed by atoms with Gasteiger partial charge in [0.15, 0.2) is 0 Å². The minimum absolute atomic E-state index is 0.236. The Labute approximate surface area is 271 Å². The van der Waals surface area contributed by atoms with E-state index in [-0.39, 0.29) is 22.8 Å². The molecule has 1 aliphatic carbocycles. The second-order valence-corrected chi connectivity index (χ2v) is 12.6. The Kier molecular flexibility index (Phi) is 7.84. The molecule has 0 aliphatic heterocycles. The van der Waals surface area contributed by atoms with E-state index in [9.17, 15) is 15.3 Å². The molecule has 7 rings (SSSR count). The molecule has 0 amide bonds. The summed E-state index contributed by atoms with van der Waals surface area (Å²) in [6.45, 7) is 2.13. The fourth-order valence-corrected chi connectivity index (χ4v) is 7.72. The van der Waals surface area contributed by atoms with E-state index in [1.165, 1.54) is 5.56 Å². The molecule has 1 aliphatic rings. The van der Waals surface area contributed by atoms with E-state index in [0.717, 1.165) is 75.8 Å². The van der Waals surface area contributed by atoms with Crippen LogP contribution in [0.15, 0.2) is 140 Å². The van der Waals surface area contributed by atoms with Crippen molar-refractivity contribution in [3.8, 4) is 50.6 Å². The van der Waals surface area contributed by atoms with Crippen molar-refractivity contribution in [2.45, 2.75) is 43.9 Å². The summed E-state index contributed by atoms with van der Waals surface area (Å²) in [4.78, 5) is 0. The molecule has 3 N–H and O–H groups in total. The molecule has 0 aromatic heterocycles. The standard InChI is InChI=1S/C43H38O3/c1-29-36(21-24-41(46)42(29)32-16-9-4-10-17-32)33-18-11-25-43(28-33,34-19-22-39(44)37(26-34)30-12-5-2-6-13-30)35-20-23-40(45)38(27-35)31-14-7-3-8-15-31/h2-10,12-17,19-24,26-27,33,44-46H,11,18,25,28H2,1H3. The van der Waals surface area contributed by atoms with Crippen LogP contribution in [-0.4, -0.2) is 15.3 Å². The van der Waals surface area contributed by atoms with Gasteiger partial charge in [0.05, 0.1) is 0 Å². The van der Waals surface area contributed by atoms with Crippen LogP contribution in [-0.2, 0) is 5.41 Å². The van der Waals surface area contributed by atoms with Gasteiger partial charge in [-0.25, -0.2) is 0 Å². The highest BCUT2D eigenvalue weighted by Gasteiger charge is 2.41. The highest BCUT2D eigenvalue weighted by molar-refractivity contribution is 5.76. The second-order valence-electron chi connectivity index (χ2n) is 12.6. The third kappa shape index (κ3) is 5.32. The smallest absolute Gasteiger partial charge is 0.123 e. The molecular weight excluding hydrogens is 564 g/mol. The summed E-state index contributed by atoms with van der Waals surface area (Å²) < 4.78 is 0. The lowest BCUT2D eigenvalue weighted by Crippen LogP contribution is -2.34. The van der Waals surface area contributed by atoms with Gasteiger partial charge in [0.2, 0.25) is 0 Å². The van der Waals surface area contributed by atoms with Gasteiger partial charge in [0.25, 0.3) is 0 Å². The van der Waals surface area contributed by atoms with Gasteiger partial charge in [-0.3, -0.25) is 0 Å². The first-order chi connectivity index (χ1) is 22.4. The van der Waals surface area contributed by atoms with Crippen molar-refractivity contribution in [2.75, 3.05) is 0 Å². The maximum absolute atomic E-state index is 11.0. The van der Waals surface area contributed by atoms with Crippen molar-refractivity contribution in [3.63, 3.8) is 0 Å². The average molecular weight is 603 g/mol. The summed E-state index contributed by atoms with van der Waals surface area (Å²) in [5.74, 6) is 1.05. The van der Waals surface area contributed by atoms with E-state index >= 15 is 0 Å². The summed E-state index contributed by atoms with van der Waals surface area (Å²) in [5.41, 5.74) is 9.76. The Bertz CT molecular complexity index is 1890. The molecule has 3 heteroatoms. The van der Waals surface area contributed by atoms with Crippen LogP contribution in [0, 0.1) is 6.92 Å². The number of hydrogen-bond donors (Lipinski definition) is 3. The van der Waals surface area contributed by atoms with Crippen molar-refractivity contribution >= 4 is 0 Å². The van der Waals surface area contributed by atoms with Crippen molar-refractivity contribution in [3.05, 3.63) is 162 Å². The number of phenols is 3. The van der Waals surface area contributed by atoms with Gasteiger partial charge >= 0.3 is 0 Å². The van der Waals surface area contributed by atoms with E-state index in [2.05, 4.69) is 49.4 Å². The molecule has 0 radical (unpaired) electrons. The van der Waals surface area contributed by atoms with Gasteiger partial charge < -0.3 is 15.3 Å². The Hall–Kier alpha value is -5.28. The summed E-state index contributed by atoms with van der Waals surface area (Å²) >= 11 is 0. The fraction of sp³-hybridized carbons (Fsp3) is 0.163. The van der Waals surface area contributed by atoms with Crippen LogP contribution in [0.5, 0.6) is 17.2 Å². The van der Waals surface area contributed by atoms with Crippen LogP contribution in [0.3, 0.4) is 0 Å². The first-order valence-corrected chi connectivity index (χ1v) is 16.1. The molecule has 0 saturated heterocycles. The van der Waals surface area contributed by atoms with E-state index in [1.54, 1.807) is 0 Å². The number of aromatic hydroxyl groups is 3. The maximum Gasteiger partial charge on any atom is 0.123 e. The summed E-state index contributed by atoms with van der Waals surface area (Å²) in [7, 11) is 0. The molecule has 0 bridgehead atoms. The third-order valence-electron chi connectivity index (χ3n) is 10.0. The first kappa shape index (κ1) is 29.4. The molecule has 1 atom stereocenters. The van der Waals surface area contributed by atoms with Gasteiger partial charge in [0.1, 0.15) is 17.2 Å². The zero-order valence-corrected chi connectivity index (χ0v) is 26.0.